The van der Waals surface area contributed by atoms with E-state index in [1.807, 2.05) is 0 Å². The van der Waals surface area contributed by atoms with Crippen LogP contribution in [0.2, 0.25) is 0 Å². The Balaban J connectivity index is 2.94. The molecule has 7 heteroatoms. The van der Waals surface area contributed by atoms with Gasteiger partial charge in [0, 0.05) is 9.94 Å². The zero-order chi connectivity index (χ0) is 10.0. The first-order valence-corrected chi connectivity index (χ1v) is 3.91. The van der Waals surface area contributed by atoms with Crippen molar-refractivity contribution >= 4 is 11.6 Å². The van der Waals surface area contributed by atoms with Crippen molar-refractivity contribution < 1.29 is 15.3 Å². The smallest absolute Gasteiger partial charge is 0.116 e. The van der Waals surface area contributed by atoms with Crippen LogP contribution in [0.15, 0.2) is 16.2 Å². The molecule has 6 nitrogen and oxygen atoms in total. The van der Waals surface area contributed by atoms with Gasteiger partial charge in [-0.1, -0.05) is 16.7 Å². The highest BCUT2D eigenvalue weighted by Crippen LogP contribution is 2.24. The summed E-state index contributed by atoms with van der Waals surface area (Å²) in [6, 6.07) is -1.09. The Kier molecular flexibility index (Phi) is 3.13. The Morgan fingerprint density at radius 1 is 1.46 bits per heavy atom. The van der Waals surface area contributed by atoms with Crippen LogP contribution in [-0.2, 0) is 0 Å². The van der Waals surface area contributed by atoms with Crippen LogP contribution >= 0.6 is 11.6 Å². The average Bonchev–Trinajstić information content (AvgIpc) is 2.09. The molecule has 0 saturated carbocycles. The lowest BCUT2D eigenvalue weighted by atomic mass is 9.94. The van der Waals surface area contributed by atoms with Crippen LogP contribution in [-0.4, -0.2) is 39.7 Å². The summed E-state index contributed by atoms with van der Waals surface area (Å²) < 4.78 is 0. The zero-order valence-corrected chi connectivity index (χ0v) is 7.20. The molecule has 0 aromatic heterocycles. The topological polar surface area (TPSA) is 109 Å². The van der Waals surface area contributed by atoms with Crippen molar-refractivity contribution in [1.29, 1.82) is 0 Å². The second kappa shape index (κ2) is 3.95. The molecule has 13 heavy (non-hydrogen) atoms. The van der Waals surface area contributed by atoms with E-state index in [0.29, 0.717) is 0 Å². The van der Waals surface area contributed by atoms with E-state index < -0.39 is 24.4 Å². The maximum absolute atomic E-state index is 9.31. The van der Waals surface area contributed by atoms with Gasteiger partial charge in [0.05, 0.1) is 18.2 Å². The number of rotatable bonds is 1. The molecule has 0 aromatic carbocycles. The predicted octanol–water partition coefficient (Wildman–Crippen LogP) is -0.116. The summed E-state index contributed by atoms with van der Waals surface area (Å²) in [6.45, 7) is 0. The van der Waals surface area contributed by atoms with Gasteiger partial charge in [0.1, 0.15) is 6.10 Å². The van der Waals surface area contributed by atoms with E-state index >= 15 is 0 Å². The van der Waals surface area contributed by atoms with E-state index in [2.05, 4.69) is 10.0 Å². The van der Waals surface area contributed by atoms with E-state index in [-0.39, 0.29) is 5.03 Å². The fourth-order valence-corrected chi connectivity index (χ4v) is 1.37. The van der Waals surface area contributed by atoms with Crippen LogP contribution in [0.25, 0.3) is 10.4 Å². The van der Waals surface area contributed by atoms with E-state index in [9.17, 15) is 15.3 Å². The number of aliphatic hydroxyl groups excluding tert-OH is 3. The molecule has 0 amide bonds. The van der Waals surface area contributed by atoms with Crippen molar-refractivity contribution in [2.24, 2.45) is 5.11 Å². The second-order valence-electron chi connectivity index (χ2n) is 2.67. The maximum Gasteiger partial charge on any atom is 0.116 e. The summed E-state index contributed by atoms with van der Waals surface area (Å²) >= 11 is 5.48. The van der Waals surface area contributed by atoms with Crippen molar-refractivity contribution in [2.75, 3.05) is 0 Å². The number of halogens is 1. The first-order valence-electron chi connectivity index (χ1n) is 3.53. The molecular weight excluding hydrogens is 198 g/mol. The molecule has 0 spiro atoms. The molecule has 0 aromatic rings. The summed E-state index contributed by atoms with van der Waals surface area (Å²) in [5.74, 6) is 0. The molecular formula is C6H8ClN3O3. The van der Waals surface area contributed by atoms with Gasteiger partial charge < -0.3 is 15.3 Å². The minimum Gasteiger partial charge on any atom is -0.389 e. The SMILES string of the molecule is [N-]=[N+]=N[C@@H]1[C@H](O)[C@H](O)C(Cl)=C[C@H]1O. The van der Waals surface area contributed by atoms with Gasteiger partial charge in [-0.3, -0.25) is 0 Å². The van der Waals surface area contributed by atoms with Crippen LogP contribution < -0.4 is 0 Å². The maximum atomic E-state index is 9.31. The molecule has 1 rings (SSSR count). The Labute approximate surface area is 78.7 Å². The lowest BCUT2D eigenvalue weighted by Crippen LogP contribution is -2.46. The molecule has 1 aliphatic carbocycles. The third-order valence-electron chi connectivity index (χ3n) is 1.82. The summed E-state index contributed by atoms with van der Waals surface area (Å²) in [4.78, 5) is 2.44. The Hall–Kier alpha value is -0.780. The van der Waals surface area contributed by atoms with E-state index in [1.54, 1.807) is 0 Å². The van der Waals surface area contributed by atoms with Crippen LogP contribution in [0.1, 0.15) is 0 Å². The van der Waals surface area contributed by atoms with Gasteiger partial charge in [0.25, 0.3) is 0 Å². The monoisotopic (exact) mass is 205 g/mol. The normalized spacial score (nSPS) is 39.2. The molecule has 0 saturated heterocycles. The van der Waals surface area contributed by atoms with Gasteiger partial charge in [-0.25, -0.2) is 0 Å². The van der Waals surface area contributed by atoms with Gasteiger partial charge in [0.2, 0.25) is 0 Å². The molecule has 0 fully saturated rings. The first kappa shape index (κ1) is 10.3. The number of nitrogens with zero attached hydrogens (tertiary/aromatic N) is 3. The van der Waals surface area contributed by atoms with E-state index in [4.69, 9.17) is 17.1 Å². The van der Waals surface area contributed by atoms with Crippen LogP contribution in [0.4, 0.5) is 0 Å². The fraction of sp³-hybridized carbons (Fsp3) is 0.667. The van der Waals surface area contributed by atoms with Gasteiger partial charge in [-0.15, -0.1) is 0 Å². The Bertz CT molecular complexity index is 276. The van der Waals surface area contributed by atoms with Gasteiger partial charge in [-0.05, 0) is 11.6 Å². The summed E-state index contributed by atoms with van der Waals surface area (Å²) in [7, 11) is 0. The Morgan fingerprint density at radius 3 is 2.62 bits per heavy atom. The van der Waals surface area contributed by atoms with Crippen molar-refractivity contribution in [2.45, 2.75) is 24.4 Å². The third kappa shape index (κ3) is 1.93. The average molecular weight is 206 g/mol. The molecule has 0 aliphatic heterocycles. The minimum atomic E-state index is -1.37. The highest BCUT2D eigenvalue weighted by atomic mass is 35.5. The molecule has 72 valence electrons. The van der Waals surface area contributed by atoms with Gasteiger partial charge in [0.15, 0.2) is 0 Å². The Morgan fingerprint density at radius 2 is 2.08 bits per heavy atom. The molecule has 0 radical (unpaired) electrons. The second-order valence-corrected chi connectivity index (χ2v) is 3.11. The fourth-order valence-electron chi connectivity index (χ4n) is 1.11. The first-order chi connectivity index (χ1) is 6.07. The van der Waals surface area contributed by atoms with Crippen LogP contribution in [0, 0.1) is 0 Å². The van der Waals surface area contributed by atoms with Gasteiger partial charge in [-0.2, -0.15) is 0 Å². The van der Waals surface area contributed by atoms with Crippen molar-refractivity contribution in [3.63, 3.8) is 0 Å². The van der Waals surface area contributed by atoms with E-state index in [1.165, 1.54) is 0 Å². The molecule has 3 N–H and O–H groups in total. The quantitative estimate of drug-likeness (QED) is 0.315. The molecule has 4 atom stereocenters. The summed E-state index contributed by atoms with van der Waals surface area (Å²) in [5, 5.41) is 30.9. The molecule has 1 aliphatic rings. The van der Waals surface area contributed by atoms with Crippen molar-refractivity contribution in [3.8, 4) is 0 Å². The van der Waals surface area contributed by atoms with Crippen LogP contribution in [0.5, 0.6) is 0 Å². The summed E-state index contributed by atoms with van der Waals surface area (Å²) in [5.41, 5.74) is 8.11. The third-order valence-corrected chi connectivity index (χ3v) is 2.17. The van der Waals surface area contributed by atoms with Crippen LogP contribution in [0.3, 0.4) is 0 Å². The highest BCUT2D eigenvalue weighted by Gasteiger charge is 2.36. The predicted molar refractivity (Wildman–Crippen MR) is 44.9 cm³/mol. The van der Waals surface area contributed by atoms with Crippen molar-refractivity contribution in [3.05, 3.63) is 21.6 Å². The minimum absolute atomic E-state index is 0.0515. The lowest BCUT2D eigenvalue weighted by Gasteiger charge is -2.30. The lowest BCUT2D eigenvalue weighted by molar-refractivity contribution is -0.00858. The summed E-state index contributed by atoms with van der Waals surface area (Å²) in [6.07, 6.45) is -2.70. The number of hydrogen-bond donors (Lipinski definition) is 3. The zero-order valence-electron chi connectivity index (χ0n) is 6.45. The number of hydrogen-bond acceptors (Lipinski definition) is 4. The number of aliphatic hydroxyl groups is 3. The number of azide groups is 1. The standard InChI is InChI=1S/C6H8ClN3O3/c7-2-1-3(11)4(9-10-8)6(13)5(2)12/h1,3-6,11-13H/t3-,4+,5-,6+/m1/s1. The van der Waals surface area contributed by atoms with E-state index in [0.717, 1.165) is 6.08 Å². The van der Waals surface area contributed by atoms with Crippen molar-refractivity contribution in [1.82, 2.24) is 0 Å². The highest BCUT2D eigenvalue weighted by molar-refractivity contribution is 6.30. The molecule has 0 bridgehead atoms. The molecule has 0 heterocycles. The van der Waals surface area contributed by atoms with Gasteiger partial charge >= 0.3 is 0 Å². The molecule has 0 unspecified atom stereocenters. The largest absolute Gasteiger partial charge is 0.389 e.